The molecule has 0 saturated carbocycles. The van der Waals surface area contributed by atoms with Crippen LogP contribution in [0, 0.1) is 6.92 Å². The lowest BCUT2D eigenvalue weighted by atomic mass is 10.1. The van der Waals surface area contributed by atoms with Crippen molar-refractivity contribution >= 4 is 28.6 Å². The summed E-state index contributed by atoms with van der Waals surface area (Å²) in [6.45, 7) is 4.37. The molecule has 1 unspecified atom stereocenters. The van der Waals surface area contributed by atoms with E-state index in [-0.39, 0.29) is 12.0 Å². The van der Waals surface area contributed by atoms with E-state index in [0.717, 1.165) is 30.2 Å². The highest BCUT2D eigenvalue weighted by atomic mass is 32.1. The molecule has 0 aliphatic carbocycles. The predicted octanol–water partition coefficient (Wildman–Crippen LogP) is 4.91. The van der Waals surface area contributed by atoms with Gasteiger partial charge in [0.2, 0.25) is 0 Å². The fourth-order valence-electron chi connectivity index (χ4n) is 3.38. The average Bonchev–Trinajstić information content (AvgIpc) is 3.49. The van der Waals surface area contributed by atoms with Crippen molar-refractivity contribution in [3.63, 3.8) is 0 Å². The zero-order valence-corrected chi connectivity index (χ0v) is 18.0. The monoisotopic (exact) mass is 428 g/mol. The molecule has 1 atom stereocenters. The van der Waals surface area contributed by atoms with Gasteiger partial charge in [-0.3, -0.25) is 4.79 Å². The van der Waals surface area contributed by atoms with Gasteiger partial charge in [0.1, 0.15) is 12.4 Å². The maximum absolute atomic E-state index is 13.3. The van der Waals surface area contributed by atoms with Crippen molar-refractivity contribution in [2.75, 3.05) is 13.2 Å². The van der Waals surface area contributed by atoms with Gasteiger partial charge in [0.25, 0.3) is 5.91 Å². The molecule has 0 spiro atoms. The van der Waals surface area contributed by atoms with Crippen molar-refractivity contribution in [2.24, 2.45) is 0 Å². The Morgan fingerprint density at radius 1 is 1.31 bits per heavy atom. The Bertz CT molecular complexity index is 933. The Labute approximate surface area is 178 Å². The number of nitrogens with zero attached hydrogens (tertiary/aromatic N) is 2. The summed E-state index contributed by atoms with van der Waals surface area (Å²) in [5, 5.41) is 5.05. The quantitative estimate of drug-likeness (QED) is 0.511. The average molecular weight is 429 g/mol. The molecule has 29 heavy (non-hydrogen) atoms. The van der Waals surface area contributed by atoms with Crippen molar-refractivity contribution in [2.45, 2.75) is 39.0 Å². The third-order valence-electron chi connectivity index (χ3n) is 4.80. The summed E-state index contributed by atoms with van der Waals surface area (Å²) in [4.78, 5) is 20.8. The van der Waals surface area contributed by atoms with Crippen LogP contribution in [0.3, 0.4) is 0 Å². The van der Waals surface area contributed by atoms with Crippen LogP contribution in [0.2, 0.25) is 0 Å². The minimum Gasteiger partial charge on any atom is -0.487 e. The van der Waals surface area contributed by atoms with E-state index in [4.69, 9.17) is 9.47 Å². The molecule has 1 aliphatic heterocycles. The lowest BCUT2D eigenvalue weighted by Gasteiger charge is -2.25. The van der Waals surface area contributed by atoms with Crippen LogP contribution in [-0.2, 0) is 17.9 Å². The SMILES string of the molecule is Cc1nc(COc2cccc(C(=O)N(Cc3cccs3)CC3CCCO3)c2)cs1. The number of thiophene rings is 1. The summed E-state index contributed by atoms with van der Waals surface area (Å²) < 4.78 is 11.6. The van der Waals surface area contributed by atoms with Crippen molar-refractivity contribution in [1.82, 2.24) is 9.88 Å². The summed E-state index contributed by atoms with van der Waals surface area (Å²) in [6, 6.07) is 11.5. The number of amides is 1. The number of aromatic nitrogens is 1. The second kappa shape index (κ2) is 9.52. The van der Waals surface area contributed by atoms with Crippen molar-refractivity contribution in [3.8, 4) is 5.75 Å². The van der Waals surface area contributed by atoms with E-state index in [9.17, 15) is 4.79 Å². The smallest absolute Gasteiger partial charge is 0.254 e. The summed E-state index contributed by atoms with van der Waals surface area (Å²) in [5.74, 6) is 0.679. The van der Waals surface area contributed by atoms with Crippen LogP contribution in [0.1, 0.15) is 38.8 Å². The molecule has 1 amide bonds. The minimum absolute atomic E-state index is 0.00357. The van der Waals surface area contributed by atoms with Gasteiger partial charge in [-0.1, -0.05) is 12.1 Å². The van der Waals surface area contributed by atoms with Gasteiger partial charge in [0.05, 0.1) is 23.4 Å². The van der Waals surface area contributed by atoms with Gasteiger partial charge in [0.15, 0.2) is 0 Å². The number of thiazole rings is 1. The van der Waals surface area contributed by atoms with Gasteiger partial charge < -0.3 is 14.4 Å². The third kappa shape index (κ3) is 5.44. The number of hydrogen-bond acceptors (Lipinski definition) is 6. The number of aryl methyl sites for hydroxylation is 1. The van der Waals surface area contributed by atoms with E-state index < -0.39 is 0 Å². The fourth-order valence-corrected chi connectivity index (χ4v) is 4.69. The first-order valence-electron chi connectivity index (χ1n) is 9.74. The maximum atomic E-state index is 13.3. The van der Waals surface area contributed by atoms with E-state index >= 15 is 0 Å². The number of carbonyl (C=O) groups is 1. The van der Waals surface area contributed by atoms with Crippen LogP contribution in [-0.4, -0.2) is 35.0 Å². The molecular weight excluding hydrogens is 404 g/mol. The largest absolute Gasteiger partial charge is 0.487 e. The Morgan fingerprint density at radius 2 is 2.24 bits per heavy atom. The van der Waals surface area contributed by atoms with Gasteiger partial charge in [-0.05, 0) is 49.4 Å². The normalized spacial score (nSPS) is 16.1. The van der Waals surface area contributed by atoms with E-state index in [1.165, 1.54) is 4.88 Å². The Kier molecular flexibility index (Phi) is 6.59. The van der Waals surface area contributed by atoms with Crippen LogP contribution < -0.4 is 4.74 Å². The zero-order valence-electron chi connectivity index (χ0n) is 16.4. The molecule has 4 rings (SSSR count). The van der Waals surface area contributed by atoms with E-state index in [1.54, 1.807) is 22.7 Å². The number of benzene rings is 1. The molecule has 152 valence electrons. The molecule has 0 bridgehead atoms. The first-order chi connectivity index (χ1) is 14.2. The summed E-state index contributed by atoms with van der Waals surface area (Å²) in [6.07, 6.45) is 2.18. The molecule has 1 fully saturated rings. The van der Waals surface area contributed by atoms with Crippen LogP contribution in [0.5, 0.6) is 5.75 Å². The zero-order chi connectivity index (χ0) is 20.1. The van der Waals surface area contributed by atoms with Crippen molar-refractivity contribution < 1.29 is 14.3 Å². The van der Waals surface area contributed by atoms with Crippen LogP contribution >= 0.6 is 22.7 Å². The number of ether oxygens (including phenoxy) is 2. The molecule has 3 heterocycles. The molecule has 7 heteroatoms. The highest BCUT2D eigenvalue weighted by molar-refractivity contribution is 7.10. The van der Waals surface area contributed by atoms with Gasteiger partial charge in [-0.25, -0.2) is 4.98 Å². The second-order valence-corrected chi connectivity index (χ2v) is 9.17. The molecule has 0 radical (unpaired) electrons. The van der Waals surface area contributed by atoms with E-state index in [2.05, 4.69) is 11.1 Å². The lowest BCUT2D eigenvalue weighted by molar-refractivity contribution is 0.0509. The van der Waals surface area contributed by atoms with Crippen molar-refractivity contribution in [1.29, 1.82) is 0 Å². The first kappa shape index (κ1) is 20.1. The Morgan fingerprint density at radius 3 is 2.97 bits per heavy atom. The molecule has 1 aliphatic rings. The minimum atomic E-state index is 0.00357. The summed E-state index contributed by atoms with van der Waals surface area (Å²) >= 11 is 3.27. The van der Waals surface area contributed by atoms with Gasteiger partial charge in [-0.2, -0.15) is 0 Å². The number of hydrogen-bond donors (Lipinski definition) is 0. The molecule has 2 aromatic heterocycles. The molecule has 0 N–H and O–H groups in total. The van der Waals surface area contributed by atoms with Crippen molar-refractivity contribution in [3.05, 3.63) is 68.3 Å². The fraction of sp³-hybridized carbons (Fsp3) is 0.364. The van der Waals surface area contributed by atoms with E-state index in [0.29, 0.717) is 31.0 Å². The predicted molar refractivity (Wildman–Crippen MR) is 116 cm³/mol. The molecule has 1 saturated heterocycles. The summed E-state index contributed by atoms with van der Waals surface area (Å²) in [7, 11) is 0. The highest BCUT2D eigenvalue weighted by Crippen LogP contribution is 2.22. The highest BCUT2D eigenvalue weighted by Gasteiger charge is 2.24. The molecule has 1 aromatic carbocycles. The number of carbonyl (C=O) groups excluding carboxylic acids is 1. The lowest BCUT2D eigenvalue weighted by Crippen LogP contribution is -2.36. The van der Waals surface area contributed by atoms with Gasteiger partial charge in [-0.15, -0.1) is 22.7 Å². The van der Waals surface area contributed by atoms with Crippen LogP contribution in [0.4, 0.5) is 0 Å². The molecule has 5 nitrogen and oxygen atoms in total. The maximum Gasteiger partial charge on any atom is 0.254 e. The Hall–Kier alpha value is -2.22. The van der Waals surface area contributed by atoms with E-state index in [1.807, 2.05) is 52.9 Å². The number of rotatable bonds is 8. The molecule has 3 aromatic rings. The van der Waals surface area contributed by atoms with Crippen LogP contribution in [0.25, 0.3) is 0 Å². The van der Waals surface area contributed by atoms with Gasteiger partial charge in [0, 0.05) is 29.0 Å². The Balaban J connectivity index is 1.46. The topological polar surface area (TPSA) is 51.7 Å². The first-order valence-corrected chi connectivity index (χ1v) is 11.5. The molecular formula is C22H24N2O3S2. The van der Waals surface area contributed by atoms with Crippen LogP contribution in [0.15, 0.2) is 47.2 Å². The third-order valence-corrected chi connectivity index (χ3v) is 6.48. The standard InChI is InChI=1S/C22H24N2O3S2/c1-16-23-18(15-29-16)14-27-19-6-2-5-17(11-19)22(25)24(12-20-7-3-9-26-20)13-21-8-4-10-28-21/h2,4-6,8,10-11,15,20H,3,7,9,12-14H2,1H3. The van der Waals surface area contributed by atoms with Gasteiger partial charge >= 0.3 is 0 Å². The second-order valence-electron chi connectivity index (χ2n) is 7.07. The summed E-state index contributed by atoms with van der Waals surface area (Å²) in [5.41, 5.74) is 1.54.